The van der Waals surface area contributed by atoms with E-state index in [-0.39, 0.29) is 20.6 Å². The van der Waals surface area contributed by atoms with Crippen LogP contribution < -0.4 is 4.31 Å². The van der Waals surface area contributed by atoms with Gasteiger partial charge in [0, 0.05) is 9.50 Å². The second kappa shape index (κ2) is 7.40. The first-order chi connectivity index (χ1) is 10.7. The zero-order chi connectivity index (χ0) is 17.2. The van der Waals surface area contributed by atoms with Gasteiger partial charge in [-0.2, -0.15) is 0 Å². The fraction of sp³-hybridized carbons (Fsp3) is 0.0714. The summed E-state index contributed by atoms with van der Waals surface area (Å²) in [6.07, 6.45) is 0. The van der Waals surface area contributed by atoms with E-state index in [4.69, 9.17) is 34.8 Å². The number of nitrogens with zero attached hydrogens (tertiary/aromatic N) is 1. The lowest BCUT2D eigenvalue weighted by Gasteiger charge is -2.23. The van der Waals surface area contributed by atoms with Crippen LogP contribution in [0.2, 0.25) is 10.0 Å². The maximum absolute atomic E-state index is 12.9. The molecular formula is C14H9BrCl3NO3S. The molecule has 4 nitrogen and oxygen atoms in total. The molecule has 0 bridgehead atoms. The second-order valence-electron chi connectivity index (χ2n) is 4.42. The highest BCUT2D eigenvalue weighted by Gasteiger charge is 2.29. The van der Waals surface area contributed by atoms with E-state index in [0.717, 1.165) is 8.78 Å². The third-order valence-electron chi connectivity index (χ3n) is 2.84. The van der Waals surface area contributed by atoms with Gasteiger partial charge in [0.25, 0.3) is 10.0 Å². The Hall–Kier alpha value is -0.790. The maximum atomic E-state index is 12.9. The molecule has 0 atom stereocenters. The van der Waals surface area contributed by atoms with E-state index in [1.54, 1.807) is 24.3 Å². The van der Waals surface area contributed by atoms with Gasteiger partial charge in [-0.25, -0.2) is 8.42 Å². The fourth-order valence-corrected chi connectivity index (χ4v) is 4.44. The molecule has 0 fully saturated rings. The maximum Gasteiger partial charge on any atom is 0.266 e. The first kappa shape index (κ1) is 18.5. The van der Waals surface area contributed by atoms with Crippen molar-refractivity contribution >= 4 is 71.7 Å². The monoisotopic (exact) mass is 455 g/mol. The Labute approximate surface area is 157 Å². The van der Waals surface area contributed by atoms with Crippen LogP contribution in [0.25, 0.3) is 0 Å². The number of rotatable bonds is 5. The highest BCUT2D eigenvalue weighted by atomic mass is 79.9. The van der Waals surface area contributed by atoms with Crippen LogP contribution in [0.4, 0.5) is 5.69 Å². The fourth-order valence-electron chi connectivity index (χ4n) is 1.83. The molecule has 0 saturated heterocycles. The summed E-state index contributed by atoms with van der Waals surface area (Å²) in [6.45, 7) is -0.533. The SMILES string of the molecule is O=C(Cl)CN(c1ccc(Br)cc1)S(=O)(=O)c1cc(Cl)ccc1Cl. The molecule has 0 aliphatic carbocycles. The van der Waals surface area contributed by atoms with Gasteiger partial charge in [0.15, 0.2) is 0 Å². The van der Waals surface area contributed by atoms with Crippen molar-refractivity contribution < 1.29 is 13.2 Å². The Morgan fingerprint density at radius 1 is 1.09 bits per heavy atom. The van der Waals surface area contributed by atoms with Crippen LogP contribution in [-0.2, 0) is 14.8 Å². The van der Waals surface area contributed by atoms with Crippen LogP contribution in [-0.4, -0.2) is 20.2 Å². The molecule has 0 heterocycles. The van der Waals surface area contributed by atoms with Crippen LogP contribution in [0, 0.1) is 0 Å². The lowest BCUT2D eigenvalue weighted by molar-refractivity contribution is -0.110. The first-order valence-electron chi connectivity index (χ1n) is 6.13. The molecule has 0 unspecified atom stereocenters. The average molecular weight is 458 g/mol. The smallest absolute Gasteiger partial charge is 0.266 e. The van der Waals surface area contributed by atoms with Gasteiger partial charge in [-0.15, -0.1) is 0 Å². The molecule has 2 rings (SSSR count). The quantitative estimate of drug-likeness (QED) is 0.611. The van der Waals surface area contributed by atoms with Crippen LogP contribution >= 0.6 is 50.7 Å². The predicted octanol–water partition coefficient (Wildman–Crippen LogP) is 4.72. The van der Waals surface area contributed by atoms with Crippen molar-refractivity contribution in [3.05, 3.63) is 57.0 Å². The van der Waals surface area contributed by atoms with E-state index < -0.39 is 21.8 Å². The summed E-state index contributed by atoms with van der Waals surface area (Å²) in [4.78, 5) is 11.1. The number of carbonyl (C=O) groups is 1. The molecule has 0 aliphatic heterocycles. The van der Waals surface area contributed by atoms with Gasteiger partial charge in [0.1, 0.15) is 11.4 Å². The molecule has 0 aromatic heterocycles. The van der Waals surface area contributed by atoms with Gasteiger partial charge in [0.05, 0.1) is 10.7 Å². The van der Waals surface area contributed by atoms with E-state index >= 15 is 0 Å². The Bertz CT molecular complexity index is 841. The Morgan fingerprint density at radius 3 is 2.26 bits per heavy atom. The van der Waals surface area contributed by atoms with E-state index in [9.17, 15) is 13.2 Å². The summed E-state index contributed by atoms with van der Waals surface area (Å²) >= 11 is 20.5. The summed E-state index contributed by atoms with van der Waals surface area (Å²) in [5, 5.41) is -0.617. The summed E-state index contributed by atoms with van der Waals surface area (Å²) in [5.74, 6) is 0. The third-order valence-corrected chi connectivity index (χ3v) is 5.98. The minimum atomic E-state index is -4.12. The summed E-state index contributed by atoms with van der Waals surface area (Å²) < 4.78 is 27.4. The second-order valence-corrected chi connectivity index (χ2v) is 8.43. The number of hydrogen-bond donors (Lipinski definition) is 0. The molecule has 23 heavy (non-hydrogen) atoms. The summed E-state index contributed by atoms with van der Waals surface area (Å²) in [7, 11) is -4.12. The van der Waals surface area contributed by atoms with Crippen molar-refractivity contribution in [1.82, 2.24) is 0 Å². The molecule has 0 radical (unpaired) electrons. The van der Waals surface area contributed by atoms with Gasteiger partial charge >= 0.3 is 0 Å². The average Bonchev–Trinajstić information content (AvgIpc) is 2.48. The Balaban J connectivity index is 2.59. The number of hydrogen-bond acceptors (Lipinski definition) is 3. The van der Waals surface area contributed by atoms with Crippen LogP contribution in [0.1, 0.15) is 0 Å². The van der Waals surface area contributed by atoms with E-state index in [1.165, 1.54) is 18.2 Å². The van der Waals surface area contributed by atoms with Gasteiger partial charge < -0.3 is 0 Å². The number of benzene rings is 2. The van der Waals surface area contributed by atoms with Gasteiger partial charge in [-0.1, -0.05) is 39.1 Å². The number of anilines is 1. The summed E-state index contributed by atoms with van der Waals surface area (Å²) in [5.41, 5.74) is 0.276. The minimum absolute atomic E-state index is 0.00136. The van der Waals surface area contributed by atoms with Gasteiger partial charge in [-0.3, -0.25) is 9.10 Å². The zero-order valence-corrected chi connectivity index (χ0v) is 16.0. The molecular weight excluding hydrogens is 448 g/mol. The normalized spacial score (nSPS) is 11.3. The Kier molecular flexibility index (Phi) is 5.97. The third kappa shape index (κ3) is 4.39. The lowest BCUT2D eigenvalue weighted by Crippen LogP contribution is -2.34. The largest absolute Gasteiger partial charge is 0.279 e. The van der Waals surface area contributed by atoms with Crippen LogP contribution in [0.3, 0.4) is 0 Å². The summed E-state index contributed by atoms with van der Waals surface area (Å²) in [6, 6.07) is 10.5. The zero-order valence-electron chi connectivity index (χ0n) is 11.3. The van der Waals surface area contributed by atoms with Gasteiger partial charge in [-0.05, 0) is 54.1 Å². The molecule has 0 spiro atoms. The first-order valence-corrected chi connectivity index (χ1v) is 9.50. The molecule has 0 N–H and O–H groups in total. The van der Waals surface area contributed by atoms with Crippen molar-refractivity contribution in [2.45, 2.75) is 4.90 Å². The van der Waals surface area contributed by atoms with Crippen LogP contribution in [0.15, 0.2) is 51.8 Å². The van der Waals surface area contributed by atoms with Crippen molar-refractivity contribution in [3.63, 3.8) is 0 Å². The van der Waals surface area contributed by atoms with Crippen LogP contribution in [0.5, 0.6) is 0 Å². The molecule has 122 valence electrons. The number of carbonyl (C=O) groups excluding carboxylic acids is 1. The van der Waals surface area contributed by atoms with Crippen molar-refractivity contribution in [2.24, 2.45) is 0 Å². The molecule has 9 heteroatoms. The number of sulfonamides is 1. The van der Waals surface area contributed by atoms with Crippen molar-refractivity contribution in [3.8, 4) is 0 Å². The highest BCUT2D eigenvalue weighted by molar-refractivity contribution is 9.10. The standard InChI is InChI=1S/C14H9BrCl3NO3S/c15-9-1-4-11(5-2-9)19(8-14(18)20)23(21,22)13-7-10(16)3-6-12(13)17/h1-7H,8H2. The molecule has 0 amide bonds. The molecule has 0 aliphatic rings. The van der Waals surface area contributed by atoms with E-state index in [0.29, 0.717) is 0 Å². The topological polar surface area (TPSA) is 54.5 Å². The van der Waals surface area contributed by atoms with E-state index in [1.807, 2.05) is 0 Å². The van der Waals surface area contributed by atoms with E-state index in [2.05, 4.69) is 15.9 Å². The predicted molar refractivity (Wildman–Crippen MR) is 96.0 cm³/mol. The van der Waals surface area contributed by atoms with Crippen molar-refractivity contribution in [1.29, 1.82) is 0 Å². The Morgan fingerprint density at radius 2 is 1.70 bits per heavy atom. The highest BCUT2D eigenvalue weighted by Crippen LogP contribution is 2.31. The lowest BCUT2D eigenvalue weighted by atomic mass is 10.3. The molecule has 2 aromatic carbocycles. The van der Waals surface area contributed by atoms with Gasteiger partial charge in [0.2, 0.25) is 5.24 Å². The van der Waals surface area contributed by atoms with Crippen molar-refractivity contribution in [2.75, 3.05) is 10.8 Å². The molecule has 0 saturated carbocycles. The number of halogens is 4. The molecule has 2 aromatic rings. The minimum Gasteiger partial charge on any atom is -0.279 e.